The molecule has 124 valence electrons. The third-order valence-corrected chi connectivity index (χ3v) is 5.56. The largest absolute Gasteiger partial charge is 0.454 e. The summed E-state index contributed by atoms with van der Waals surface area (Å²) in [4.78, 5) is 14.4. The molecule has 2 aromatic rings. The number of hydrogen-bond acceptors (Lipinski definition) is 3. The van der Waals surface area contributed by atoms with Crippen molar-refractivity contribution in [2.45, 2.75) is 40.2 Å². The third-order valence-electron chi connectivity index (χ3n) is 4.42. The molecule has 1 saturated heterocycles. The van der Waals surface area contributed by atoms with Crippen molar-refractivity contribution in [2.75, 3.05) is 13.1 Å². The van der Waals surface area contributed by atoms with Crippen molar-refractivity contribution in [1.82, 2.24) is 14.7 Å². The van der Waals surface area contributed by atoms with E-state index in [0.717, 1.165) is 41.1 Å². The highest BCUT2D eigenvalue weighted by atomic mass is 79.9. The number of aromatic nitrogens is 2. The van der Waals surface area contributed by atoms with Crippen molar-refractivity contribution in [3.05, 3.63) is 39.5 Å². The summed E-state index contributed by atoms with van der Waals surface area (Å²) in [5.41, 5.74) is 2.00. The number of hydrogen-bond donors (Lipinski definition) is 0. The van der Waals surface area contributed by atoms with Gasteiger partial charge in [-0.1, -0.05) is 6.92 Å². The topological polar surface area (TPSA) is 51.3 Å². The van der Waals surface area contributed by atoms with Gasteiger partial charge in [0.15, 0.2) is 5.76 Å². The molecule has 23 heavy (non-hydrogen) atoms. The van der Waals surface area contributed by atoms with Crippen molar-refractivity contribution in [2.24, 2.45) is 5.92 Å². The van der Waals surface area contributed by atoms with Crippen LogP contribution >= 0.6 is 15.9 Å². The van der Waals surface area contributed by atoms with E-state index in [0.29, 0.717) is 18.2 Å². The van der Waals surface area contributed by atoms with Gasteiger partial charge in [-0.2, -0.15) is 5.10 Å². The molecular weight excluding hydrogens is 358 g/mol. The second-order valence-electron chi connectivity index (χ2n) is 6.41. The Bertz CT molecular complexity index is 719. The third kappa shape index (κ3) is 3.37. The number of halogens is 1. The molecule has 2 aromatic heterocycles. The van der Waals surface area contributed by atoms with Gasteiger partial charge in [-0.3, -0.25) is 9.48 Å². The summed E-state index contributed by atoms with van der Waals surface area (Å²) >= 11 is 3.52. The number of piperidine rings is 1. The van der Waals surface area contributed by atoms with E-state index < -0.39 is 0 Å². The van der Waals surface area contributed by atoms with Gasteiger partial charge < -0.3 is 9.32 Å². The first-order chi connectivity index (χ1) is 11.0. The quantitative estimate of drug-likeness (QED) is 0.815. The molecule has 0 unspecified atom stereocenters. The van der Waals surface area contributed by atoms with Crippen LogP contribution in [0, 0.1) is 19.8 Å². The maximum absolute atomic E-state index is 12.5. The smallest absolute Gasteiger partial charge is 0.289 e. The Morgan fingerprint density at radius 3 is 2.87 bits per heavy atom. The molecule has 3 rings (SSSR count). The van der Waals surface area contributed by atoms with Crippen LogP contribution in [0.4, 0.5) is 0 Å². The van der Waals surface area contributed by atoms with Gasteiger partial charge in [0.1, 0.15) is 5.76 Å². The molecule has 0 radical (unpaired) electrons. The minimum Gasteiger partial charge on any atom is -0.454 e. The van der Waals surface area contributed by atoms with Gasteiger partial charge in [-0.15, -0.1) is 0 Å². The van der Waals surface area contributed by atoms with E-state index in [9.17, 15) is 4.79 Å². The average Bonchev–Trinajstić information content (AvgIpc) is 3.08. The molecule has 0 bridgehead atoms. The van der Waals surface area contributed by atoms with E-state index >= 15 is 0 Å². The highest BCUT2D eigenvalue weighted by molar-refractivity contribution is 9.10. The predicted molar refractivity (Wildman–Crippen MR) is 91.5 cm³/mol. The Morgan fingerprint density at radius 1 is 1.43 bits per heavy atom. The minimum absolute atomic E-state index is 0.00246. The van der Waals surface area contributed by atoms with Crippen LogP contribution in [0.5, 0.6) is 0 Å². The number of nitrogens with zero attached hydrogens (tertiary/aromatic N) is 3. The van der Waals surface area contributed by atoms with Crippen LogP contribution in [0.3, 0.4) is 0 Å². The highest BCUT2D eigenvalue weighted by Gasteiger charge is 2.24. The maximum atomic E-state index is 12.5. The molecule has 0 aliphatic carbocycles. The summed E-state index contributed by atoms with van der Waals surface area (Å²) in [6.07, 6.45) is 2.26. The van der Waals surface area contributed by atoms with Crippen molar-refractivity contribution in [3.8, 4) is 0 Å². The number of furan rings is 1. The Balaban J connectivity index is 1.72. The second-order valence-corrected chi connectivity index (χ2v) is 7.20. The Kier molecular flexibility index (Phi) is 4.62. The predicted octanol–water partition coefficient (Wildman–Crippen LogP) is 3.78. The molecule has 3 heterocycles. The summed E-state index contributed by atoms with van der Waals surface area (Å²) in [5, 5.41) is 4.47. The molecule has 5 nitrogen and oxygen atoms in total. The molecular formula is C17H22BrN3O2. The van der Waals surface area contributed by atoms with Gasteiger partial charge in [0.2, 0.25) is 0 Å². The molecule has 0 spiro atoms. The first-order valence-electron chi connectivity index (χ1n) is 8.03. The second kappa shape index (κ2) is 6.51. The molecule has 1 aliphatic rings. The summed E-state index contributed by atoms with van der Waals surface area (Å²) in [5.74, 6) is 1.73. The lowest BCUT2D eigenvalue weighted by atomic mass is 10.0. The SMILES string of the molecule is Cc1nn(Cc2ccc(C(=O)N3CCC[C@@H](C)C3)o2)c(C)c1Br. The van der Waals surface area contributed by atoms with Gasteiger partial charge in [0, 0.05) is 13.1 Å². The molecule has 0 saturated carbocycles. The number of aryl methyl sites for hydroxylation is 1. The van der Waals surface area contributed by atoms with Crippen molar-refractivity contribution in [1.29, 1.82) is 0 Å². The van der Waals surface area contributed by atoms with Crippen LogP contribution in [0.25, 0.3) is 0 Å². The summed E-state index contributed by atoms with van der Waals surface area (Å²) in [6.45, 7) is 8.33. The summed E-state index contributed by atoms with van der Waals surface area (Å²) in [6, 6.07) is 3.64. The Labute approximate surface area is 144 Å². The molecule has 1 amide bonds. The van der Waals surface area contributed by atoms with E-state index in [1.807, 2.05) is 29.5 Å². The zero-order valence-corrected chi connectivity index (χ0v) is 15.4. The van der Waals surface area contributed by atoms with Crippen molar-refractivity contribution >= 4 is 21.8 Å². The molecule has 1 aliphatic heterocycles. The summed E-state index contributed by atoms with van der Waals surface area (Å²) < 4.78 is 8.68. The van der Waals surface area contributed by atoms with Crippen molar-refractivity contribution in [3.63, 3.8) is 0 Å². The fourth-order valence-electron chi connectivity index (χ4n) is 3.08. The van der Waals surface area contributed by atoms with Gasteiger partial charge in [0.25, 0.3) is 5.91 Å². The van der Waals surface area contributed by atoms with Gasteiger partial charge >= 0.3 is 0 Å². The van der Waals surface area contributed by atoms with Gasteiger partial charge in [-0.05, 0) is 60.7 Å². The Morgan fingerprint density at radius 2 is 2.22 bits per heavy atom. The van der Waals surface area contributed by atoms with Gasteiger partial charge in [-0.25, -0.2) is 0 Å². The van der Waals surface area contributed by atoms with E-state index in [4.69, 9.17) is 4.42 Å². The van der Waals surface area contributed by atoms with E-state index in [1.165, 1.54) is 6.42 Å². The zero-order valence-electron chi connectivity index (χ0n) is 13.8. The lowest BCUT2D eigenvalue weighted by Crippen LogP contribution is -2.38. The van der Waals surface area contributed by atoms with Crippen LogP contribution in [0.15, 0.2) is 21.0 Å². The number of carbonyl (C=O) groups excluding carboxylic acids is 1. The number of likely N-dealkylation sites (tertiary alicyclic amines) is 1. The summed E-state index contributed by atoms with van der Waals surface area (Å²) in [7, 11) is 0. The lowest BCUT2D eigenvalue weighted by molar-refractivity contribution is 0.0648. The van der Waals surface area contributed by atoms with E-state index in [1.54, 1.807) is 6.07 Å². The zero-order chi connectivity index (χ0) is 16.6. The molecule has 1 fully saturated rings. The average molecular weight is 380 g/mol. The van der Waals surface area contributed by atoms with Gasteiger partial charge in [0.05, 0.1) is 22.4 Å². The van der Waals surface area contributed by atoms with Crippen LogP contribution < -0.4 is 0 Å². The minimum atomic E-state index is -0.00246. The molecule has 1 atom stereocenters. The Hall–Kier alpha value is -1.56. The normalized spacial score (nSPS) is 18.4. The molecule has 0 N–H and O–H groups in total. The van der Waals surface area contributed by atoms with Crippen LogP contribution in [0.1, 0.15) is 47.5 Å². The van der Waals surface area contributed by atoms with Crippen LogP contribution in [-0.4, -0.2) is 33.7 Å². The monoisotopic (exact) mass is 379 g/mol. The first kappa shape index (κ1) is 16.3. The maximum Gasteiger partial charge on any atom is 0.289 e. The fourth-order valence-corrected chi connectivity index (χ4v) is 3.37. The number of rotatable bonds is 3. The van der Waals surface area contributed by atoms with E-state index in [-0.39, 0.29) is 5.91 Å². The van der Waals surface area contributed by atoms with Crippen molar-refractivity contribution < 1.29 is 9.21 Å². The lowest BCUT2D eigenvalue weighted by Gasteiger charge is -2.30. The first-order valence-corrected chi connectivity index (χ1v) is 8.82. The van der Waals surface area contributed by atoms with Crippen LogP contribution in [-0.2, 0) is 6.54 Å². The number of amides is 1. The van der Waals surface area contributed by atoms with Crippen LogP contribution in [0.2, 0.25) is 0 Å². The molecule has 6 heteroatoms. The fraction of sp³-hybridized carbons (Fsp3) is 0.529. The standard InChI is InChI=1S/C17H22BrN3O2/c1-11-5-4-8-20(9-11)17(22)15-7-6-14(23-15)10-21-13(3)16(18)12(2)19-21/h6-7,11H,4-5,8-10H2,1-3H3/t11-/m1/s1. The highest BCUT2D eigenvalue weighted by Crippen LogP contribution is 2.22. The number of carbonyl (C=O) groups is 1. The molecule has 0 aromatic carbocycles. The van der Waals surface area contributed by atoms with E-state index in [2.05, 4.69) is 28.0 Å².